The minimum absolute atomic E-state index is 0.0389. The molecule has 0 spiro atoms. The Bertz CT molecular complexity index is 1160. The van der Waals surface area contributed by atoms with Crippen LogP contribution in [-0.4, -0.2) is 23.4 Å². The Morgan fingerprint density at radius 3 is 2.09 bits per heavy atom. The van der Waals surface area contributed by atoms with Gasteiger partial charge >= 0.3 is 11.8 Å². The summed E-state index contributed by atoms with van der Waals surface area (Å²) in [6.45, 7) is 3.42. The second-order valence-corrected chi connectivity index (χ2v) is 7.19. The van der Waals surface area contributed by atoms with E-state index in [1.165, 1.54) is 0 Å². The van der Waals surface area contributed by atoms with E-state index in [-0.39, 0.29) is 12.3 Å². The quantitative estimate of drug-likeness (QED) is 0.313. The van der Waals surface area contributed by atoms with Gasteiger partial charge in [-0.1, -0.05) is 66.7 Å². The molecule has 0 saturated carbocycles. The molecule has 0 fully saturated rings. The Balaban J connectivity index is 1.56. The Morgan fingerprint density at radius 2 is 1.38 bits per heavy atom. The van der Waals surface area contributed by atoms with Crippen LogP contribution in [0.1, 0.15) is 18.9 Å². The van der Waals surface area contributed by atoms with Gasteiger partial charge in [0.2, 0.25) is 5.91 Å². The van der Waals surface area contributed by atoms with Crippen LogP contribution in [0.3, 0.4) is 0 Å². The average Bonchev–Trinajstić information content (AvgIpc) is 2.79. The fraction of sp³-hybridized carbons (Fsp3) is 0.120. The normalized spacial score (nSPS) is 10.9. The fourth-order valence-corrected chi connectivity index (χ4v) is 3.02. The molecule has 0 radical (unpaired) electrons. The van der Waals surface area contributed by atoms with Crippen LogP contribution in [0.5, 0.6) is 0 Å². The van der Waals surface area contributed by atoms with Crippen molar-refractivity contribution in [3.63, 3.8) is 0 Å². The SMILES string of the molecule is CC(CC(=O)Nc1ccccc1-c1ccccc1)=NNC(=O)C(=O)Nc1ccccc1C. The summed E-state index contributed by atoms with van der Waals surface area (Å²) < 4.78 is 0. The lowest BCUT2D eigenvalue weighted by molar-refractivity contribution is -0.136. The lowest BCUT2D eigenvalue weighted by Crippen LogP contribution is -2.33. The van der Waals surface area contributed by atoms with E-state index in [4.69, 9.17) is 0 Å². The van der Waals surface area contributed by atoms with Gasteiger partial charge in [0.05, 0.1) is 6.42 Å². The van der Waals surface area contributed by atoms with Gasteiger partial charge in [0.1, 0.15) is 0 Å². The molecule has 32 heavy (non-hydrogen) atoms. The highest BCUT2D eigenvalue weighted by Crippen LogP contribution is 2.27. The first-order valence-corrected chi connectivity index (χ1v) is 10.1. The maximum absolute atomic E-state index is 12.5. The summed E-state index contributed by atoms with van der Waals surface area (Å²) in [4.78, 5) is 36.5. The summed E-state index contributed by atoms with van der Waals surface area (Å²) in [7, 11) is 0. The molecule has 0 aromatic heterocycles. The van der Waals surface area contributed by atoms with Gasteiger partial charge in [-0.05, 0) is 37.1 Å². The predicted octanol–water partition coefficient (Wildman–Crippen LogP) is 4.12. The zero-order valence-corrected chi connectivity index (χ0v) is 17.9. The van der Waals surface area contributed by atoms with Crippen LogP contribution in [0.2, 0.25) is 0 Å². The van der Waals surface area contributed by atoms with Gasteiger partial charge in [0, 0.05) is 22.6 Å². The van der Waals surface area contributed by atoms with Crippen molar-refractivity contribution in [3.05, 3.63) is 84.4 Å². The number of anilines is 2. The van der Waals surface area contributed by atoms with Gasteiger partial charge in [-0.2, -0.15) is 5.10 Å². The highest BCUT2D eigenvalue weighted by atomic mass is 16.2. The van der Waals surface area contributed by atoms with Crippen molar-refractivity contribution >= 4 is 34.8 Å². The third-order valence-electron chi connectivity index (χ3n) is 4.65. The third kappa shape index (κ3) is 6.12. The van der Waals surface area contributed by atoms with Gasteiger partial charge in [-0.15, -0.1) is 0 Å². The van der Waals surface area contributed by atoms with Crippen molar-refractivity contribution in [3.8, 4) is 11.1 Å². The second kappa shape index (κ2) is 10.7. The average molecular weight is 428 g/mol. The molecule has 0 aliphatic carbocycles. The Labute approximate surface area is 186 Å². The maximum Gasteiger partial charge on any atom is 0.329 e. The molecule has 0 aliphatic heterocycles. The first-order valence-electron chi connectivity index (χ1n) is 10.1. The van der Waals surface area contributed by atoms with E-state index in [1.807, 2.05) is 73.7 Å². The van der Waals surface area contributed by atoms with Crippen molar-refractivity contribution in [1.29, 1.82) is 0 Å². The monoisotopic (exact) mass is 428 g/mol. The van der Waals surface area contributed by atoms with Gasteiger partial charge in [0.15, 0.2) is 0 Å². The van der Waals surface area contributed by atoms with Crippen LogP contribution in [0, 0.1) is 6.92 Å². The van der Waals surface area contributed by atoms with Crippen LogP contribution in [0.25, 0.3) is 11.1 Å². The molecule has 0 heterocycles. The zero-order chi connectivity index (χ0) is 22.9. The highest BCUT2D eigenvalue weighted by Gasteiger charge is 2.15. The van der Waals surface area contributed by atoms with Crippen LogP contribution in [-0.2, 0) is 14.4 Å². The molecule has 3 N–H and O–H groups in total. The number of para-hydroxylation sites is 2. The van der Waals surface area contributed by atoms with Crippen molar-refractivity contribution in [1.82, 2.24) is 5.43 Å². The summed E-state index contributed by atoms with van der Waals surface area (Å²) in [5.74, 6) is -2.03. The largest absolute Gasteiger partial charge is 0.329 e. The Kier molecular flexibility index (Phi) is 7.48. The number of rotatable bonds is 6. The van der Waals surface area contributed by atoms with Crippen molar-refractivity contribution < 1.29 is 14.4 Å². The smallest absolute Gasteiger partial charge is 0.325 e. The lowest BCUT2D eigenvalue weighted by Gasteiger charge is -2.11. The van der Waals surface area contributed by atoms with Gasteiger partial charge in [0.25, 0.3) is 0 Å². The number of hydrogen-bond donors (Lipinski definition) is 3. The Hall–Kier alpha value is -4.26. The summed E-state index contributed by atoms with van der Waals surface area (Å²) in [5.41, 5.74) is 6.49. The Morgan fingerprint density at radius 1 is 0.750 bits per heavy atom. The number of nitrogens with one attached hydrogen (secondary N) is 3. The number of hydrazone groups is 1. The number of amides is 3. The molecule has 3 aromatic carbocycles. The predicted molar refractivity (Wildman–Crippen MR) is 126 cm³/mol. The molecule has 0 bridgehead atoms. The molecule has 0 saturated heterocycles. The topological polar surface area (TPSA) is 99.7 Å². The number of aryl methyl sites for hydroxylation is 1. The van der Waals surface area contributed by atoms with E-state index in [0.29, 0.717) is 17.1 Å². The first kappa shape index (κ1) is 22.4. The van der Waals surface area contributed by atoms with E-state index >= 15 is 0 Å². The molecule has 3 amide bonds. The van der Waals surface area contributed by atoms with Crippen molar-refractivity contribution in [2.75, 3.05) is 10.6 Å². The lowest BCUT2D eigenvalue weighted by atomic mass is 10.0. The van der Waals surface area contributed by atoms with E-state index in [2.05, 4.69) is 21.2 Å². The van der Waals surface area contributed by atoms with Crippen molar-refractivity contribution in [2.24, 2.45) is 5.10 Å². The van der Waals surface area contributed by atoms with Crippen molar-refractivity contribution in [2.45, 2.75) is 20.3 Å². The minimum Gasteiger partial charge on any atom is -0.325 e. The summed E-state index contributed by atoms with van der Waals surface area (Å²) in [6.07, 6.45) is -0.0389. The molecule has 0 atom stereocenters. The van der Waals surface area contributed by atoms with Gasteiger partial charge in [-0.25, -0.2) is 5.43 Å². The number of benzene rings is 3. The molecule has 3 aromatic rings. The fourth-order valence-electron chi connectivity index (χ4n) is 3.02. The second-order valence-electron chi connectivity index (χ2n) is 7.19. The molecular weight excluding hydrogens is 404 g/mol. The summed E-state index contributed by atoms with van der Waals surface area (Å²) >= 11 is 0. The van der Waals surface area contributed by atoms with Crippen LogP contribution < -0.4 is 16.1 Å². The molecule has 7 heteroatoms. The molecule has 0 unspecified atom stereocenters. The van der Waals surface area contributed by atoms with E-state index in [1.54, 1.807) is 19.1 Å². The molecule has 3 rings (SSSR count). The molecule has 0 aliphatic rings. The number of carbonyl (C=O) groups is 3. The molecule has 162 valence electrons. The van der Waals surface area contributed by atoms with Gasteiger partial charge in [-0.3, -0.25) is 14.4 Å². The standard InChI is InChI=1S/C25H24N4O3/c1-17-10-6-8-14-21(17)27-24(31)25(32)29-28-18(2)16-23(30)26-22-15-9-7-13-20(22)19-11-4-3-5-12-19/h3-15H,16H2,1-2H3,(H,26,30)(H,27,31)(H,29,32). The summed E-state index contributed by atoms with van der Waals surface area (Å²) in [5, 5.41) is 9.27. The number of carbonyl (C=O) groups excluding carboxylic acids is 3. The summed E-state index contributed by atoms with van der Waals surface area (Å²) in [6, 6.07) is 24.4. The van der Waals surface area contributed by atoms with E-state index in [9.17, 15) is 14.4 Å². The number of nitrogens with zero attached hydrogens (tertiary/aromatic N) is 1. The van der Waals surface area contributed by atoms with E-state index < -0.39 is 11.8 Å². The van der Waals surface area contributed by atoms with Crippen LogP contribution in [0.4, 0.5) is 11.4 Å². The van der Waals surface area contributed by atoms with Crippen LogP contribution >= 0.6 is 0 Å². The highest BCUT2D eigenvalue weighted by molar-refractivity contribution is 6.39. The van der Waals surface area contributed by atoms with E-state index in [0.717, 1.165) is 16.7 Å². The first-order chi connectivity index (χ1) is 15.4. The zero-order valence-electron chi connectivity index (χ0n) is 17.9. The number of hydrogen-bond acceptors (Lipinski definition) is 4. The minimum atomic E-state index is -0.914. The maximum atomic E-state index is 12.5. The van der Waals surface area contributed by atoms with Crippen LogP contribution in [0.15, 0.2) is 84.0 Å². The van der Waals surface area contributed by atoms with Gasteiger partial charge < -0.3 is 10.6 Å². The third-order valence-corrected chi connectivity index (χ3v) is 4.65. The molecular formula is C25H24N4O3. The molecule has 7 nitrogen and oxygen atoms in total.